The molecule has 7 nitrogen and oxygen atoms in total. The highest BCUT2D eigenvalue weighted by Crippen LogP contribution is 2.45. The third-order valence-electron chi connectivity index (χ3n) is 7.76. The van der Waals surface area contributed by atoms with Gasteiger partial charge in [0.15, 0.2) is 5.76 Å². The normalized spacial score (nSPS) is 19.0. The number of aliphatic hydroxyl groups is 1. The van der Waals surface area contributed by atoms with Crippen LogP contribution < -0.4 is 5.32 Å². The highest BCUT2D eigenvalue weighted by molar-refractivity contribution is 5.91. The number of hydrogen-bond donors (Lipinski definition) is 2. The largest absolute Gasteiger partial charge is 0.459 e. The maximum atomic E-state index is 13.4. The first-order valence-corrected chi connectivity index (χ1v) is 14.6. The molecule has 8 heteroatoms. The number of ether oxygens (including phenoxy) is 4. The lowest BCUT2D eigenvalue weighted by Gasteiger charge is -2.37. The minimum Gasteiger partial charge on any atom is -0.459 e. The Balaban J connectivity index is 1.41. The Labute approximate surface area is 246 Å². The Morgan fingerprint density at radius 1 is 0.976 bits per heavy atom. The molecule has 0 saturated carbocycles. The Bertz CT molecular complexity index is 1370. The second kappa shape index (κ2) is 14.6. The molecule has 0 unspecified atom stereocenters. The van der Waals surface area contributed by atoms with Crippen molar-refractivity contribution in [3.8, 4) is 11.1 Å². The molecule has 222 valence electrons. The number of carbonyl (C=O) groups excluding carboxylic acids is 1. The van der Waals surface area contributed by atoms with Crippen molar-refractivity contribution in [2.24, 2.45) is 5.92 Å². The summed E-state index contributed by atoms with van der Waals surface area (Å²) in [4.78, 5) is 13.4. The van der Waals surface area contributed by atoms with E-state index in [-0.39, 0.29) is 49.1 Å². The van der Waals surface area contributed by atoms with Crippen LogP contribution in [0.3, 0.4) is 0 Å². The minimum absolute atomic E-state index is 0.0193. The third-order valence-corrected chi connectivity index (χ3v) is 7.76. The number of rotatable bonds is 14. The highest BCUT2D eigenvalue weighted by Gasteiger charge is 2.39. The van der Waals surface area contributed by atoms with Crippen molar-refractivity contribution >= 4 is 5.91 Å². The average Bonchev–Trinajstić information content (AvgIpc) is 3.40. The maximum Gasteiger partial charge on any atom is 0.286 e. The van der Waals surface area contributed by atoms with Gasteiger partial charge in [-0.1, -0.05) is 54.6 Å². The lowest BCUT2D eigenvalue weighted by atomic mass is 9.78. The van der Waals surface area contributed by atoms with Gasteiger partial charge >= 0.3 is 0 Å². The average molecular weight is 576 g/mol. The van der Waals surface area contributed by atoms with Crippen molar-refractivity contribution in [3.63, 3.8) is 0 Å². The predicted octanol–water partition coefficient (Wildman–Crippen LogP) is 5.11. The number of aliphatic hydroxyl groups excluding tert-OH is 1. The van der Waals surface area contributed by atoms with Crippen molar-refractivity contribution in [3.05, 3.63) is 107 Å². The van der Waals surface area contributed by atoms with Crippen LogP contribution in [-0.4, -0.2) is 56.9 Å². The van der Waals surface area contributed by atoms with Crippen LogP contribution in [-0.2, 0) is 36.7 Å². The van der Waals surface area contributed by atoms with Gasteiger partial charge in [-0.3, -0.25) is 4.79 Å². The number of nitrogens with one attached hydrogen (secondary N) is 1. The molecule has 2 N–H and O–H groups in total. The van der Waals surface area contributed by atoms with Crippen molar-refractivity contribution < 1.29 is 33.2 Å². The molecule has 0 radical (unpaired) electrons. The summed E-state index contributed by atoms with van der Waals surface area (Å²) in [5, 5.41) is 11.8. The molecule has 0 bridgehead atoms. The smallest absolute Gasteiger partial charge is 0.286 e. The summed E-state index contributed by atoms with van der Waals surface area (Å²) in [6.45, 7) is 4.13. The van der Waals surface area contributed by atoms with Gasteiger partial charge in [0.05, 0.1) is 26.4 Å². The van der Waals surface area contributed by atoms with Crippen molar-refractivity contribution in [2.75, 3.05) is 39.6 Å². The van der Waals surface area contributed by atoms with Gasteiger partial charge < -0.3 is 29.4 Å². The molecular formula is C34H38FNO6. The highest BCUT2D eigenvalue weighted by atomic mass is 19.1. The van der Waals surface area contributed by atoms with E-state index in [1.165, 1.54) is 34.4 Å². The lowest BCUT2D eigenvalue weighted by Crippen LogP contribution is -2.39. The minimum atomic E-state index is -0.648. The topological polar surface area (TPSA) is 86.3 Å². The van der Waals surface area contributed by atoms with Crippen LogP contribution in [0.25, 0.3) is 11.1 Å². The maximum absolute atomic E-state index is 13.4. The summed E-state index contributed by atoms with van der Waals surface area (Å²) in [6.07, 6.45) is 2.74. The van der Waals surface area contributed by atoms with E-state index >= 15 is 0 Å². The standard InChI is InChI=1S/C34H38FNO6/c1-2-41-34-29(14-16-39-18-19-40-17-15-37)31(21-32(42-34)33(38)36-22-23-10-12-25(35)13-11-23)28-9-5-8-27-26-7-4-3-6-24(26)20-30(27)28/h3-13,21,29,31,34,37H,2,14-20,22H2,1H3,(H,36,38)/t29-,31-,34-/m1/s1. The fourth-order valence-electron chi connectivity index (χ4n) is 5.77. The van der Waals surface area contributed by atoms with Gasteiger partial charge in [0.25, 0.3) is 5.91 Å². The SMILES string of the molecule is CCO[C@@H]1OC(C(=O)NCc2ccc(F)cc2)=C[C@H](c2cccc3c2Cc2ccccc2-3)[C@H]1CCOCCOCCO. The zero-order valence-electron chi connectivity index (χ0n) is 23.9. The number of carbonyl (C=O) groups is 1. The molecule has 42 heavy (non-hydrogen) atoms. The Kier molecular flexibility index (Phi) is 10.4. The number of amides is 1. The molecule has 2 aliphatic rings. The summed E-state index contributed by atoms with van der Waals surface area (Å²) in [7, 11) is 0. The zero-order valence-corrected chi connectivity index (χ0v) is 23.9. The van der Waals surface area contributed by atoms with E-state index in [1.54, 1.807) is 12.1 Å². The van der Waals surface area contributed by atoms with Crippen LogP contribution in [0.2, 0.25) is 0 Å². The quantitative estimate of drug-likeness (QED) is 0.204. The van der Waals surface area contributed by atoms with Crippen molar-refractivity contribution in [2.45, 2.75) is 38.5 Å². The third kappa shape index (κ3) is 7.07. The van der Waals surface area contributed by atoms with Gasteiger partial charge in [0.2, 0.25) is 6.29 Å². The van der Waals surface area contributed by atoms with Crippen LogP contribution in [0, 0.1) is 11.7 Å². The molecule has 0 aromatic heterocycles. The van der Waals surface area contributed by atoms with Crippen LogP contribution in [0.5, 0.6) is 0 Å². The Morgan fingerprint density at radius 3 is 2.52 bits per heavy atom. The van der Waals surface area contributed by atoms with Gasteiger partial charge in [-0.15, -0.1) is 0 Å². The predicted molar refractivity (Wildman–Crippen MR) is 157 cm³/mol. The first-order valence-electron chi connectivity index (χ1n) is 14.6. The molecule has 1 heterocycles. The number of allylic oxidation sites excluding steroid dienone is 1. The Morgan fingerprint density at radius 2 is 1.74 bits per heavy atom. The molecule has 1 aliphatic carbocycles. The van der Waals surface area contributed by atoms with E-state index in [2.05, 4.69) is 47.8 Å². The summed E-state index contributed by atoms with van der Waals surface area (Å²) < 4.78 is 36.8. The van der Waals surface area contributed by atoms with Crippen molar-refractivity contribution in [1.82, 2.24) is 5.32 Å². The second-order valence-corrected chi connectivity index (χ2v) is 10.4. The summed E-state index contributed by atoms with van der Waals surface area (Å²) in [5.74, 6) is -0.715. The van der Waals surface area contributed by atoms with Gasteiger partial charge in [0.1, 0.15) is 5.82 Å². The first-order chi connectivity index (χ1) is 20.6. The molecule has 3 aromatic rings. The number of hydrogen-bond acceptors (Lipinski definition) is 6. The molecule has 5 rings (SSSR count). The van der Waals surface area contributed by atoms with Gasteiger partial charge in [-0.05, 0) is 71.4 Å². The number of halogens is 1. The fraction of sp³-hybridized carbons (Fsp3) is 0.382. The number of fused-ring (bicyclic) bond motifs is 3. The van der Waals surface area contributed by atoms with E-state index in [9.17, 15) is 9.18 Å². The summed E-state index contributed by atoms with van der Waals surface area (Å²) in [6, 6.07) is 20.9. The van der Waals surface area contributed by atoms with Crippen LogP contribution in [0.1, 0.15) is 41.5 Å². The van der Waals surface area contributed by atoms with E-state index in [0.717, 1.165) is 17.5 Å². The molecule has 1 amide bonds. The Hall–Kier alpha value is -3.56. The van der Waals surface area contributed by atoms with Gasteiger partial charge in [-0.2, -0.15) is 0 Å². The van der Waals surface area contributed by atoms with E-state index in [4.69, 9.17) is 24.1 Å². The molecule has 0 spiro atoms. The number of benzene rings is 3. The zero-order chi connectivity index (χ0) is 29.3. The van der Waals surface area contributed by atoms with Crippen LogP contribution in [0.15, 0.2) is 78.6 Å². The molecular weight excluding hydrogens is 537 g/mol. The molecule has 1 aliphatic heterocycles. The summed E-state index contributed by atoms with van der Waals surface area (Å²) in [5.41, 5.74) is 6.94. The molecule has 0 fully saturated rings. The first kappa shape index (κ1) is 29.9. The second-order valence-electron chi connectivity index (χ2n) is 10.4. The monoisotopic (exact) mass is 575 g/mol. The van der Waals surface area contributed by atoms with E-state index < -0.39 is 6.29 Å². The lowest BCUT2D eigenvalue weighted by molar-refractivity contribution is -0.168. The van der Waals surface area contributed by atoms with Crippen LogP contribution >= 0.6 is 0 Å². The van der Waals surface area contributed by atoms with E-state index in [0.29, 0.717) is 32.8 Å². The van der Waals surface area contributed by atoms with Crippen LogP contribution in [0.4, 0.5) is 4.39 Å². The summed E-state index contributed by atoms with van der Waals surface area (Å²) >= 11 is 0. The van der Waals surface area contributed by atoms with E-state index in [1.807, 2.05) is 13.0 Å². The van der Waals surface area contributed by atoms with Crippen molar-refractivity contribution in [1.29, 1.82) is 0 Å². The molecule has 0 saturated heterocycles. The fourth-order valence-corrected chi connectivity index (χ4v) is 5.77. The van der Waals surface area contributed by atoms with Gasteiger partial charge in [0, 0.05) is 31.6 Å². The van der Waals surface area contributed by atoms with Gasteiger partial charge in [-0.25, -0.2) is 4.39 Å². The molecule has 3 aromatic carbocycles. The molecule has 3 atom stereocenters.